The molecule has 1 heterocycles. The van der Waals surface area contributed by atoms with Crippen LogP contribution < -0.4 is 29.6 Å². The highest BCUT2D eigenvalue weighted by atomic mass is 16.5. The second-order valence-corrected chi connectivity index (χ2v) is 5.41. The molecule has 1 aliphatic heterocycles. The second kappa shape index (κ2) is 6.80. The number of anilines is 1. The molecule has 1 atom stereocenters. The number of carbonyl (C=O) groups is 1. The van der Waals surface area contributed by atoms with Gasteiger partial charge in [-0.15, -0.1) is 0 Å². The molecule has 2 N–H and O–H groups in total. The first-order valence-corrected chi connectivity index (χ1v) is 7.67. The Bertz CT molecular complexity index is 789. The SMILES string of the molecule is COc1ccc(C2NC(=O)Nc3cc(OC)c(OC)c(OC)c32)cc1. The van der Waals surface area contributed by atoms with Crippen LogP contribution in [0.4, 0.5) is 10.5 Å². The summed E-state index contributed by atoms with van der Waals surface area (Å²) in [7, 11) is 6.24. The molecule has 0 radical (unpaired) electrons. The third kappa shape index (κ3) is 2.88. The summed E-state index contributed by atoms with van der Waals surface area (Å²) in [5, 5.41) is 5.72. The lowest BCUT2D eigenvalue weighted by Crippen LogP contribution is -2.38. The van der Waals surface area contributed by atoms with E-state index in [1.165, 1.54) is 7.11 Å². The van der Waals surface area contributed by atoms with Gasteiger partial charge >= 0.3 is 6.03 Å². The van der Waals surface area contributed by atoms with Crippen LogP contribution >= 0.6 is 0 Å². The monoisotopic (exact) mass is 344 g/mol. The molecule has 2 aromatic carbocycles. The number of urea groups is 1. The first-order valence-electron chi connectivity index (χ1n) is 7.67. The largest absolute Gasteiger partial charge is 0.497 e. The van der Waals surface area contributed by atoms with Crippen molar-refractivity contribution in [2.45, 2.75) is 6.04 Å². The summed E-state index contributed by atoms with van der Waals surface area (Å²) >= 11 is 0. The Balaban J connectivity index is 2.19. The van der Waals surface area contributed by atoms with Crippen LogP contribution in [0.3, 0.4) is 0 Å². The van der Waals surface area contributed by atoms with E-state index in [4.69, 9.17) is 18.9 Å². The van der Waals surface area contributed by atoms with Gasteiger partial charge in [0.25, 0.3) is 0 Å². The highest BCUT2D eigenvalue weighted by molar-refractivity contribution is 5.95. The van der Waals surface area contributed by atoms with Crippen LogP contribution in [0.2, 0.25) is 0 Å². The number of hydrogen-bond acceptors (Lipinski definition) is 5. The number of hydrogen-bond donors (Lipinski definition) is 2. The van der Waals surface area contributed by atoms with Crippen LogP contribution in [0.5, 0.6) is 23.0 Å². The smallest absolute Gasteiger partial charge is 0.320 e. The van der Waals surface area contributed by atoms with Crippen LogP contribution in [-0.2, 0) is 0 Å². The van der Waals surface area contributed by atoms with E-state index in [-0.39, 0.29) is 6.03 Å². The summed E-state index contributed by atoms with van der Waals surface area (Å²) in [4.78, 5) is 12.1. The summed E-state index contributed by atoms with van der Waals surface area (Å²) < 4.78 is 21.6. The quantitative estimate of drug-likeness (QED) is 0.872. The van der Waals surface area contributed by atoms with Gasteiger partial charge in [-0.25, -0.2) is 4.79 Å². The first-order chi connectivity index (χ1) is 12.1. The van der Waals surface area contributed by atoms with E-state index in [0.717, 1.165) is 16.9 Å². The zero-order chi connectivity index (χ0) is 18.0. The topological polar surface area (TPSA) is 78.1 Å². The van der Waals surface area contributed by atoms with Gasteiger partial charge in [0.2, 0.25) is 5.75 Å². The molecule has 1 unspecified atom stereocenters. The Morgan fingerprint density at radius 3 is 2.12 bits per heavy atom. The molecule has 7 heteroatoms. The molecule has 2 aromatic rings. The standard InChI is InChI=1S/C18H20N2O5/c1-22-11-7-5-10(6-8-11)15-14-12(19-18(21)20-15)9-13(23-2)16(24-3)17(14)25-4/h5-9,15H,1-4H3,(H2,19,20,21). The number of carbonyl (C=O) groups excluding carboxylic acids is 1. The fourth-order valence-corrected chi connectivity index (χ4v) is 2.98. The van der Waals surface area contributed by atoms with Gasteiger partial charge in [0.15, 0.2) is 11.5 Å². The third-order valence-electron chi connectivity index (χ3n) is 4.13. The van der Waals surface area contributed by atoms with E-state index in [1.807, 2.05) is 24.3 Å². The Labute approximate surface area is 145 Å². The predicted octanol–water partition coefficient (Wildman–Crippen LogP) is 2.95. The number of fused-ring (bicyclic) bond motifs is 1. The van der Waals surface area contributed by atoms with Gasteiger partial charge in [0.05, 0.1) is 40.2 Å². The van der Waals surface area contributed by atoms with Crippen LogP contribution in [0.1, 0.15) is 17.2 Å². The van der Waals surface area contributed by atoms with Crippen molar-refractivity contribution < 1.29 is 23.7 Å². The van der Waals surface area contributed by atoms with Gasteiger partial charge in [0.1, 0.15) is 5.75 Å². The average molecular weight is 344 g/mol. The Morgan fingerprint density at radius 2 is 1.56 bits per heavy atom. The van der Waals surface area contributed by atoms with E-state index >= 15 is 0 Å². The van der Waals surface area contributed by atoms with Crippen molar-refractivity contribution >= 4 is 11.7 Å². The predicted molar refractivity (Wildman–Crippen MR) is 93.1 cm³/mol. The van der Waals surface area contributed by atoms with Gasteiger partial charge in [0, 0.05) is 11.6 Å². The number of rotatable bonds is 5. The van der Waals surface area contributed by atoms with Crippen molar-refractivity contribution in [3.8, 4) is 23.0 Å². The molecule has 2 amide bonds. The molecule has 0 fully saturated rings. The minimum absolute atomic E-state index is 0.303. The second-order valence-electron chi connectivity index (χ2n) is 5.41. The number of ether oxygens (including phenoxy) is 4. The molecule has 0 spiro atoms. The van der Waals surface area contributed by atoms with E-state index in [0.29, 0.717) is 22.9 Å². The van der Waals surface area contributed by atoms with Gasteiger partial charge in [-0.3, -0.25) is 0 Å². The van der Waals surface area contributed by atoms with E-state index in [9.17, 15) is 4.79 Å². The van der Waals surface area contributed by atoms with E-state index < -0.39 is 6.04 Å². The molecule has 0 bridgehead atoms. The van der Waals surface area contributed by atoms with Crippen LogP contribution in [0, 0.1) is 0 Å². The lowest BCUT2D eigenvalue weighted by Gasteiger charge is -2.30. The lowest BCUT2D eigenvalue weighted by atomic mass is 9.94. The fourth-order valence-electron chi connectivity index (χ4n) is 2.98. The Kier molecular flexibility index (Phi) is 4.56. The van der Waals surface area contributed by atoms with Crippen molar-refractivity contribution in [3.63, 3.8) is 0 Å². The molecule has 3 rings (SSSR count). The molecule has 1 aliphatic rings. The Hall–Kier alpha value is -3.09. The maximum absolute atomic E-state index is 12.1. The highest BCUT2D eigenvalue weighted by Gasteiger charge is 2.32. The zero-order valence-electron chi connectivity index (χ0n) is 14.5. The minimum atomic E-state index is -0.399. The molecule has 0 aromatic heterocycles. The maximum atomic E-state index is 12.1. The molecule has 0 saturated heterocycles. The Morgan fingerprint density at radius 1 is 0.880 bits per heavy atom. The lowest BCUT2D eigenvalue weighted by molar-refractivity contribution is 0.248. The molecule has 132 valence electrons. The number of nitrogens with one attached hydrogen (secondary N) is 2. The van der Waals surface area contributed by atoms with E-state index in [1.54, 1.807) is 27.4 Å². The summed E-state index contributed by atoms with van der Waals surface area (Å²) in [5.41, 5.74) is 2.27. The van der Waals surface area contributed by atoms with E-state index in [2.05, 4.69) is 10.6 Å². The highest BCUT2D eigenvalue weighted by Crippen LogP contribution is 2.49. The van der Waals surface area contributed by atoms with Crippen molar-refractivity contribution in [2.24, 2.45) is 0 Å². The van der Waals surface area contributed by atoms with Crippen LogP contribution in [0.25, 0.3) is 0 Å². The normalized spacial score (nSPS) is 15.5. The van der Waals surface area contributed by atoms with Gasteiger partial charge in [-0.05, 0) is 17.7 Å². The van der Waals surface area contributed by atoms with Crippen LogP contribution in [0.15, 0.2) is 30.3 Å². The summed E-state index contributed by atoms with van der Waals surface area (Å²) in [6.45, 7) is 0. The third-order valence-corrected chi connectivity index (χ3v) is 4.13. The summed E-state index contributed by atoms with van der Waals surface area (Å²) in [6, 6.07) is 8.51. The fraction of sp³-hybridized carbons (Fsp3) is 0.278. The molecule has 0 aliphatic carbocycles. The van der Waals surface area contributed by atoms with Crippen molar-refractivity contribution in [2.75, 3.05) is 33.8 Å². The number of methoxy groups -OCH3 is 4. The zero-order valence-corrected chi connectivity index (χ0v) is 14.5. The average Bonchev–Trinajstić information content (AvgIpc) is 2.65. The molecule has 7 nitrogen and oxygen atoms in total. The summed E-state index contributed by atoms with van der Waals surface area (Å²) in [6.07, 6.45) is 0. The molecule has 25 heavy (non-hydrogen) atoms. The minimum Gasteiger partial charge on any atom is -0.497 e. The van der Waals surface area contributed by atoms with Gasteiger partial charge in [-0.2, -0.15) is 0 Å². The van der Waals surface area contributed by atoms with Gasteiger partial charge < -0.3 is 29.6 Å². The molecular formula is C18H20N2O5. The molecule has 0 saturated carbocycles. The van der Waals surface area contributed by atoms with Crippen molar-refractivity contribution in [1.29, 1.82) is 0 Å². The number of benzene rings is 2. The van der Waals surface area contributed by atoms with Crippen molar-refractivity contribution in [1.82, 2.24) is 5.32 Å². The van der Waals surface area contributed by atoms with Crippen molar-refractivity contribution in [3.05, 3.63) is 41.5 Å². The summed E-state index contributed by atoms with van der Waals surface area (Å²) in [5.74, 6) is 2.20. The number of amides is 2. The molecular weight excluding hydrogens is 324 g/mol. The van der Waals surface area contributed by atoms with Crippen LogP contribution in [-0.4, -0.2) is 34.5 Å². The first kappa shape index (κ1) is 16.8. The van der Waals surface area contributed by atoms with Gasteiger partial charge in [-0.1, -0.05) is 12.1 Å². The maximum Gasteiger partial charge on any atom is 0.320 e.